The van der Waals surface area contributed by atoms with Gasteiger partial charge in [-0.05, 0) is 69.8 Å². The molecule has 172 valence electrons. The van der Waals surface area contributed by atoms with Crippen LogP contribution in [0.1, 0.15) is 90.8 Å². The summed E-state index contributed by atoms with van der Waals surface area (Å²) >= 11 is 0. The third-order valence-electron chi connectivity index (χ3n) is 7.25. The van der Waals surface area contributed by atoms with E-state index >= 15 is 0 Å². The third-order valence-corrected chi connectivity index (χ3v) is 7.25. The average molecular weight is 427 g/mol. The zero-order valence-electron chi connectivity index (χ0n) is 20.5. The van der Waals surface area contributed by atoms with Crippen molar-refractivity contribution >= 4 is 5.97 Å². The maximum Gasteiger partial charge on any atom is 0.308 e. The van der Waals surface area contributed by atoms with Crippen LogP contribution in [0.25, 0.3) is 0 Å². The molecule has 1 aromatic rings. The molecule has 1 fully saturated rings. The quantitative estimate of drug-likeness (QED) is 0.230. The number of aromatic nitrogens is 1. The molecule has 1 N–H and O–H groups in total. The number of pyridine rings is 1. The van der Waals surface area contributed by atoms with Crippen molar-refractivity contribution in [3.8, 4) is 0 Å². The highest BCUT2D eigenvalue weighted by molar-refractivity contribution is 5.69. The second kappa shape index (κ2) is 11.6. The predicted molar refractivity (Wildman–Crippen MR) is 129 cm³/mol. The summed E-state index contributed by atoms with van der Waals surface area (Å²) in [5, 5.41) is 9.09. The molecule has 0 amide bonds. The van der Waals surface area contributed by atoms with Crippen LogP contribution in [0.5, 0.6) is 0 Å². The first-order chi connectivity index (χ1) is 14.6. The third kappa shape index (κ3) is 7.33. The van der Waals surface area contributed by atoms with Gasteiger partial charge in [0.15, 0.2) is 18.4 Å². The molecule has 0 unspecified atom stereocenters. The fraction of sp³-hybridized carbons (Fsp3) is 0.643. The normalized spacial score (nSPS) is 21.6. The predicted octanol–water partition coefficient (Wildman–Crippen LogP) is 6.69. The van der Waals surface area contributed by atoms with E-state index in [0.29, 0.717) is 11.3 Å². The molecule has 3 nitrogen and oxygen atoms in total. The first kappa shape index (κ1) is 25.4. The molecule has 0 saturated heterocycles. The van der Waals surface area contributed by atoms with Crippen molar-refractivity contribution in [3.05, 3.63) is 53.4 Å². The Morgan fingerprint density at radius 2 is 2.10 bits per heavy atom. The number of allylic oxidation sites excluding steroid dienone is 3. The van der Waals surface area contributed by atoms with E-state index in [9.17, 15) is 4.79 Å². The molecule has 31 heavy (non-hydrogen) atoms. The van der Waals surface area contributed by atoms with E-state index in [4.69, 9.17) is 5.11 Å². The average Bonchev–Trinajstić information content (AvgIpc) is 3.05. The summed E-state index contributed by atoms with van der Waals surface area (Å²) in [6.45, 7) is 16.6. The van der Waals surface area contributed by atoms with E-state index in [1.54, 1.807) is 0 Å². The minimum atomic E-state index is -0.773. The number of nitrogens with zero attached hydrogens (tertiary/aromatic N) is 1. The van der Waals surface area contributed by atoms with E-state index in [2.05, 4.69) is 57.9 Å². The van der Waals surface area contributed by atoms with Crippen molar-refractivity contribution < 1.29 is 14.5 Å². The van der Waals surface area contributed by atoms with Gasteiger partial charge in [-0.3, -0.25) is 4.79 Å². The van der Waals surface area contributed by atoms with Crippen LogP contribution < -0.4 is 4.57 Å². The van der Waals surface area contributed by atoms with Gasteiger partial charge in [0.1, 0.15) is 0 Å². The van der Waals surface area contributed by atoms with Gasteiger partial charge in [-0.1, -0.05) is 51.0 Å². The van der Waals surface area contributed by atoms with E-state index in [-0.39, 0.29) is 6.42 Å². The Hall–Kier alpha value is -1.90. The molecule has 1 heterocycles. The molecule has 0 aromatic carbocycles. The van der Waals surface area contributed by atoms with Crippen molar-refractivity contribution in [2.45, 2.75) is 99.0 Å². The zero-order valence-corrected chi connectivity index (χ0v) is 20.5. The summed E-state index contributed by atoms with van der Waals surface area (Å²) in [6.07, 6.45) is 14.2. The lowest BCUT2D eigenvalue weighted by molar-refractivity contribution is -0.709. The summed E-state index contributed by atoms with van der Waals surface area (Å²) in [4.78, 5) is 11.1. The Balaban J connectivity index is 1.91. The molecule has 0 spiro atoms. The summed E-state index contributed by atoms with van der Waals surface area (Å²) in [5.74, 6) is 0.521. The standard InChI is InChI=1S/C28H43NO2/c1-21(2)19-29-20-25(18-27(30)31)13-14-26(29)12-8-7-10-23(5)15-17-28(22(3)4)16-9-11-24(28)6/h10,13-14,20-21,24H,3,7-9,11-12,15-19H2,1-2,4-6H3/p+1/b23-10+/t24-,28+/m1/s1. The van der Waals surface area contributed by atoms with Crippen molar-refractivity contribution in [3.63, 3.8) is 0 Å². The Morgan fingerprint density at radius 3 is 2.68 bits per heavy atom. The van der Waals surface area contributed by atoms with Gasteiger partial charge in [-0.2, -0.15) is 0 Å². The highest BCUT2D eigenvalue weighted by Crippen LogP contribution is 2.51. The Bertz CT molecular complexity index is 792. The minimum Gasteiger partial charge on any atom is -0.481 e. The fourth-order valence-electron chi connectivity index (χ4n) is 5.31. The monoisotopic (exact) mass is 426 g/mol. The minimum absolute atomic E-state index is 0.0879. The topological polar surface area (TPSA) is 41.2 Å². The first-order valence-corrected chi connectivity index (χ1v) is 12.2. The number of rotatable bonds is 12. The van der Waals surface area contributed by atoms with Crippen LogP contribution in [-0.2, 0) is 24.2 Å². The maximum atomic E-state index is 11.1. The molecule has 3 heteroatoms. The second-order valence-electron chi connectivity index (χ2n) is 10.3. The van der Waals surface area contributed by atoms with Gasteiger partial charge in [0.05, 0.1) is 6.42 Å². The molecule has 2 atom stereocenters. The number of carboxylic acid groups (broad SMARTS) is 1. The molecule has 0 bridgehead atoms. The van der Waals surface area contributed by atoms with Crippen LogP contribution in [-0.4, -0.2) is 11.1 Å². The molecule has 1 aliphatic rings. The van der Waals surface area contributed by atoms with Crippen LogP contribution in [0, 0.1) is 17.3 Å². The van der Waals surface area contributed by atoms with Gasteiger partial charge < -0.3 is 5.11 Å². The van der Waals surface area contributed by atoms with Crippen LogP contribution in [0.2, 0.25) is 0 Å². The number of unbranched alkanes of at least 4 members (excludes halogenated alkanes) is 1. The van der Waals surface area contributed by atoms with Gasteiger partial charge in [0.25, 0.3) is 0 Å². The lowest BCUT2D eigenvalue weighted by Gasteiger charge is -2.35. The first-order valence-electron chi connectivity index (χ1n) is 12.2. The number of hydrogen-bond acceptors (Lipinski definition) is 1. The SMILES string of the molecule is C=C(C)[C@@]1(CC/C(C)=C/CCCc2ccc(CC(=O)O)c[n+]2CC(C)C)CCC[C@H]1C. The Morgan fingerprint density at radius 1 is 1.35 bits per heavy atom. The Kier molecular flexibility index (Phi) is 9.53. The summed E-state index contributed by atoms with van der Waals surface area (Å²) in [5.41, 5.74) is 5.42. The van der Waals surface area contributed by atoms with E-state index < -0.39 is 5.97 Å². The van der Waals surface area contributed by atoms with E-state index in [1.165, 1.54) is 48.9 Å². The van der Waals surface area contributed by atoms with Crippen LogP contribution >= 0.6 is 0 Å². The molecule has 2 rings (SSSR count). The highest BCUT2D eigenvalue weighted by atomic mass is 16.4. The number of aryl methyl sites for hydroxylation is 1. The lowest BCUT2D eigenvalue weighted by atomic mass is 9.70. The van der Waals surface area contributed by atoms with Crippen molar-refractivity contribution in [2.24, 2.45) is 17.3 Å². The zero-order chi connectivity index (χ0) is 23.0. The number of hydrogen-bond donors (Lipinski definition) is 1. The molecule has 1 aromatic heterocycles. The van der Waals surface area contributed by atoms with Crippen molar-refractivity contribution in [2.75, 3.05) is 0 Å². The van der Waals surface area contributed by atoms with Gasteiger partial charge in [0, 0.05) is 24.0 Å². The lowest BCUT2D eigenvalue weighted by Crippen LogP contribution is -2.41. The summed E-state index contributed by atoms with van der Waals surface area (Å²) < 4.78 is 2.26. The Labute approximate surface area is 190 Å². The molecule has 1 saturated carbocycles. The van der Waals surface area contributed by atoms with E-state index in [0.717, 1.165) is 37.3 Å². The maximum absolute atomic E-state index is 11.1. The van der Waals surface area contributed by atoms with Crippen molar-refractivity contribution in [1.82, 2.24) is 0 Å². The fourth-order valence-corrected chi connectivity index (χ4v) is 5.31. The molecular formula is C28H44NO2+. The van der Waals surface area contributed by atoms with Crippen molar-refractivity contribution in [1.29, 1.82) is 0 Å². The molecular weight excluding hydrogens is 382 g/mol. The summed E-state index contributed by atoms with van der Waals surface area (Å²) in [7, 11) is 0. The highest BCUT2D eigenvalue weighted by Gasteiger charge is 2.40. The molecule has 0 aliphatic heterocycles. The van der Waals surface area contributed by atoms with Gasteiger partial charge in [-0.25, -0.2) is 4.57 Å². The number of aliphatic carboxylic acids is 1. The largest absolute Gasteiger partial charge is 0.481 e. The number of carbonyl (C=O) groups is 1. The number of carboxylic acids is 1. The second-order valence-corrected chi connectivity index (χ2v) is 10.3. The molecule has 1 aliphatic carbocycles. The summed E-state index contributed by atoms with van der Waals surface area (Å²) in [6, 6.07) is 4.09. The van der Waals surface area contributed by atoms with Gasteiger partial charge in [-0.15, -0.1) is 0 Å². The van der Waals surface area contributed by atoms with Crippen LogP contribution in [0.15, 0.2) is 42.1 Å². The van der Waals surface area contributed by atoms with E-state index in [1.807, 2.05) is 12.3 Å². The van der Waals surface area contributed by atoms with Crippen LogP contribution in [0.3, 0.4) is 0 Å². The smallest absolute Gasteiger partial charge is 0.308 e. The van der Waals surface area contributed by atoms with Gasteiger partial charge >= 0.3 is 5.97 Å². The van der Waals surface area contributed by atoms with Crippen LogP contribution in [0.4, 0.5) is 0 Å². The molecule has 0 radical (unpaired) electrons. The van der Waals surface area contributed by atoms with Gasteiger partial charge in [0.2, 0.25) is 0 Å².